The standard InChI is InChI=1S/C18H21FN2O2/c1-13(2)14-4-3-5-17(12-14)23-11-10-20-18(22)21-16-8-6-15(19)7-9-16/h3-9,12-13H,10-11H2,1-2H3,(H2,20,21,22). The lowest BCUT2D eigenvalue weighted by Crippen LogP contribution is -2.32. The summed E-state index contributed by atoms with van der Waals surface area (Å²) in [6, 6.07) is 13.2. The van der Waals surface area contributed by atoms with Crippen LogP contribution in [0.2, 0.25) is 0 Å². The van der Waals surface area contributed by atoms with Gasteiger partial charge in [-0.3, -0.25) is 0 Å². The van der Waals surface area contributed by atoms with E-state index in [1.165, 1.54) is 29.8 Å². The Kier molecular flexibility index (Phi) is 5.97. The van der Waals surface area contributed by atoms with Crippen molar-refractivity contribution in [3.05, 3.63) is 59.9 Å². The molecule has 23 heavy (non-hydrogen) atoms. The number of carbonyl (C=O) groups excluding carboxylic acids is 1. The second-order valence-electron chi connectivity index (χ2n) is 5.46. The highest BCUT2D eigenvalue weighted by Gasteiger charge is 2.03. The van der Waals surface area contributed by atoms with Crippen molar-refractivity contribution in [2.24, 2.45) is 0 Å². The zero-order valence-corrected chi connectivity index (χ0v) is 13.3. The molecule has 0 aliphatic carbocycles. The van der Waals surface area contributed by atoms with Gasteiger partial charge < -0.3 is 15.4 Å². The Morgan fingerprint density at radius 3 is 2.61 bits per heavy atom. The fraction of sp³-hybridized carbons (Fsp3) is 0.278. The molecule has 2 N–H and O–H groups in total. The van der Waals surface area contributed by atoms with Crippen molar-refractivity contribution in [2.75, 3.05) is 18.5 Å². The summed E-state index contributed by atoms with van der Waals surface area (Å²) >= 11 is 0. The first-order chi connectivity index (χ1) is 11.0. The normalized spacial score (nSPS) is 10.4. The number of rotatable bonds is 6. The number of ether oxygens (including phenoxy) is 1. The summed E-state index contributed by atoms with van der Waals surface area (Å²) < 4.78 is 18.4. The lowest BCUT2D eigenvalue weighted by atomic mass is 10.0. The van der Waals surface area contributed by atoms with E-state index in [2.05, 4.69) is 30.5 Å². The summed E-state index contributed by atoms with van der Waals surface area (Å²) in [4.78, 5) is 11.7. The van der Waals surface area contributed by atoms with Gasteiger partial charge in [0, 0.05) is 5.69 Å². The molecule has 2 aromatic rings. The summed E-state index contributed by atoms with van der Waals surface area (Å²) in [5, 5.41) is 5.30. The maximum absolute atomic E-state index is 12.8. The summed E-state index contributed by atoms with van der Waals surface area (Å²) in [6.45, 7) is 5.00. The predicted octanol–water partition coefficient (Wildman–Crippen LogP) is 4.15. The number of nitrogens with one attached hydrogen (secondary N) is 2. The van der Waals surface area contributed by atoms with E-state index in [1.54, 1.807) is 0 Å². The molecule has 0 atom stereocenters. The molecule has 0 unspecified atom stereocenters. The monoisotopic (exact) mass is 316 g/mol. The third-order valence-electron chi connectivity index (χ3n) is 3.28. The first-order valence-electron chi connectivity index (χ1n) is 7.58. The topological polar surface area (TPSA) is 50.4 Å². The lowest BCUT2D eigenvalue weighted by molar-refractivity contribution is 0.247. The summed E-state index contributed by atoms with van der Waals surface area (Å²) in [5.74, 6) is 0.892. The average Bonchev–Trinajstić information content (AvgIpc) is 2.54. The van der Waals surface area contributed by atoms with Crippen LogP contribution in [-0.4, -0.2) is 19.2 Å². The van der Waals surface area contributed by atoms with Gasteiger partial charge in [0.2, 0.25) is 0 Å². The molecule has 0 heterocycles. The highest BCUT2D eigenvalue weighted by Crippen LogP contribution is 2.19. The van der Waals surface area contributed by atoms with Gasteiger partial charge in [-0.15, -0.1) is 0 Å². The maximum atomic E-state index is 12.8. The van der Waals surface area contributed by atoms with Gasteiger partial charge in [0.15, 0.2) is 0 Å². The molecule has 5 heteroatoms. The van der Waals surface area contributed by atoms with Gasteiger partial charge in [-0.1, -0.05) is 26.0 Å². The minimum atomic E-state index is -0.351. The van der Waals surface area contributed by atoms with Crippen LogP contribution < -0.4 is 15.4 Å². The number of carbonyl (C=O) groups is 1. The van der Waals surface area contributed by atoms with Gasteiger partial charge in [0.1, 0.15) is 18.2 Å². The number of anilines is 1. The molecule has 0 aliphatic rings. The molecule has 0 aliphatic heterocycles. The van der Waals surface area contributed by atoms with Crippen LogP contribution in [0.4, 0.5) is 14.9 Å². The SMILES string of the molecule is CC(C)c1cccc(OCCNC(=O)Nc2ccc(F)cc2)c1. The first-order valence-corrected chi connectivity index (χ1v) is 7.58. The van der Waals surface area contributed by atoms with Gasteiger partial charge >= 0.3 is 6.03 Å². The van der Waals surface area contributed by atoms with Gasteiger partial charge in [0.05, 0.1) is 6.54 Å². The van der Waals surface area contributed by atoms with Crippen LogP contribution in [0.15, 0.2) is 48.5 Å². The van der Waals surface area contributed by atoms with Crippen LogP contribution in [0.1, 0.15) is 25.3 Å². The quantitative estimate of drug-likeness (QED) is 0.787. The van der Waals surface area contributed by atoms with Crippen molar-refractivity contribution >= 4 is 11.7 Å². The van der Waals surface area contributed by atoms with Gasteiger partial charge in [0.25, 0.3) is 0 Å². The molecule has 0 aromatic heterocycles. The second kappa shape index (κ2) is 8.17. The van der Waals surface area contributed by atoms with Crippen LogP contribution in [0.3, 0.4) is 0 Å². The molecular formula is C18H21FN2O2. The number of benzene rings is 2. The highest BCUT2D eigenvalue weighted by atomic mass is 19.1. The molecule has 4 nitrogen and oxygen atoms in total. The Morgan fingerprint density at radius 1 is 1.17 bits per heavy atom. The van der Waals surface area contributed by atoms with Gasteiger partial charge in [-0.05, 0) is 47.9 Å². The van der Waals surface area contributed by atoms with Crippen molar-refractivity contribution < 1.29 is 13.9 Å². The average molecular weight is 316 g/mol. The summed E-state index contributed by atoms with van der Waals surface area (Å²) in [6.07, 6.45) is 0. The fourth-order valence-electron chi connectivity index (χ4n) is 2.01. The molecule has 0 saturated carbocycles. The molecule has 2 amide bonds. The van der Waals surface area contributed by atoms with E-state index in [0.29, 0.717) is 24.8 Å². The van der Waals surface area contributed by atoms with Crippen LogP contribution >= 0.6 is 0 Å². The summed E-state index contributed by atoms with van der Waals surface area (Å²) in [5.41, 5.74) is 1.75. The van der Waals surface area contributed by atoms with E-state index in [9.17, 15) is 9.18 Å². The fourth-order valence-corrected chi connectivity index (χ4v) is 2.01. The van der Waals surface area contributed by atoms with E-state index >= 15 is 0 Å². The maximum Gasteiger partial charge on any atom is 0.319 e. The molecule has 0 radical (unpaired) electrons. The van der Waals surface area contributed by atoms with E-state index in [0.717, 1.165) is 5.75 Å². The van der Waals surface area contributed by atoms with Crippen molar-refractivity contribution in [3.8, 4) is 5.75 Å². The minimum absolute atomic E-state index is 0.340. The highest BCUT2D eigenvalue weighted by molar-refractivity contribution is 5.89. The minimum Gasteiger partial charge on any atom is -0.492 e. The number of hydrogen-bond donors (Lipinski definition) is 2. The van der Waals surface area contributed by atoms with E-state index in [1.807, 2.05) is 18.2 Å². The summed E-state index contributed by atoms with van der Waals surface area (Å²) in [7, 11) is 0. The molecule has 0 bridgehead atoms. The Labute approximate surface area is 135 Å². The van der Waals surface area contributed by atoms with E-state index in [4.69, 9.17) is 4.74 Å². The molecule has 0 saturated heterocycles. The Bertz CT molecular complexity index is 642. The molecule has 0 spiro atoms. The third kappa shape index (κ3) is 5.62. The number of urea groups is 1. The number of hydrogen-bond acceptors (Lipinski definition) is 2. The zero-order chi connectivity index (χ0) is 16.7. The van der Waals surface area contributed by atoms with Crippen molar-refractivity contribution in [1.29, 1.82) is 0 Å². The van der Waals surface area contributed by atoms with Crippen LogP contribution in [0, 0.1) is 5.82 Å². The van der Waals surface area contributed by atoms with Crippen molar-refractivity contribution in [1.82, 2.24) is 5.32 Å². The third-order valence-corrected chi connectivity index (χ3v) is 3.28. The number of halogens is 1. The largest absolute Gasteiger partial charge is 0.492 e. The molecule has 0 fully saturated rings. The Balaban J connectivity index is 1.71. The van der Waals surface area contributed by atoms with Crippen LogP contribution in [0.25, 0.3) is 0 Å². The Hall–Kier alpha value is -2.56. The van der Waals surface area contributed by atoms with Gasteiger partial charge in [-0.25, -0.2) is 9.18 Å². The van der Waals surface area contributed by atoms with E-state index in [-0.39, 0.29) is 11.8 Å². The predicted molar refractivity (Wildman–Crippen MR) is 89.4 cm³/mol. The van der Waals surface area contributed by atoms with Crippen molar-refractivity contribution in [2.45, 2.75) is 19.8 Å². The molecule has 122 valence electrons. The smallest absolute Gasteiger partial charge is 0.319 e. The van der Waals surface area contributed by atoms with Crippen LogP contribution in [0.5, 0.6) is 5.75 Å². The first kappa shape index (κ1) is 16.8. The molecule has 2 rings (SSSR count). The van der Waals surface area contributed by atoms with Crippen molar-refractivity contribution in [3.63, 3.8) is 0 Å². The van der Waals surface area contributed by atoms with Crippen LogP contribution in [-0.2, 0) is 0 Å². The Morgan fingerprint density at radius 2 is 1.91 bits per heavy atom. The molecular weight excluding hydrogens is 295 g/mol. The zero-order valence-electron chi connectivity index (χ0n) is 13.3. The van der Waals surface area contributed by atoms with E-state index < -0.39 is 0 Å². The molecule has 2 aromatic carbocycles. The number of amides is 2. The van der Waals surface area contributed by atoms with Gasteiger partial charge in [-0.2, -0.15) is 0 Å². The second-order valence-corrected chi connectivity index (χ2v) is 5.46. The lowest BCUT2D eigenvalue weighted by Gasteiger charge is -2.11.